The zero-order valence-electron chi connectivity index (χ0n) is 15.6. The normalized spacial score (nSPS) is 27.4. The monoisotopic (exact) mass is 328 g/mol. The van der Waals surface area contributed by atoms with Crippen LogP contribution in [0.25, 0.3) is 5.53 Å². The first kappa shape index (κ1) is 19.2. The lowest BCUT2D eigenvalue weighted by atomic mass is 9.92. The van der Waals surface area contributed by atoms with Crippen LogP contribution in [0.3, 0.4) is 0 Å². The van der Waals surface area contributed by atoms with Crippen LogP contribution >= 0.6 is 0 Å². The van der Waals surface area contributed by atoms with Crippen molar-refractivity contribution >= 4 is 5.71 Å². The fourth-order valence-electron chi connectivity index (χ4n) is 4.02. The second kappa shape index (κ2) is 12.3. The Hall–Kier alpha value is -1.14. The maximum absolute atomic E-state index is 9.40. The van der Waals surface area contributed by atoms with Crippen LogP contribution < -0.4 is 0 Å². The lowest BCUT2D eigenvalue weighted by Crippen LogP contribution is -2.00. The molecule has 0 aromatic rings. The Labute approximate surface area is 149 Å². The Morgan fingerprint density at radius 3 is 1.71 bits per heavy atom. The van der Waals surface area contributed by atoms with Gasteiger partial charge in [0.05, 0.1) is 0 Å². The molecule has 2 aliphatic rings. The minimum Gasteiger partial charge on any atom is -0.361 e. The Kier molecular flexibility index (Phi) is 9.80. The second-order valence-corrected chi connectivity index (χ2v) is 7.63. The summed E-state index contributed by atoms with van der Waals surface area (Å²) in [4.78, 5) is 3.60. The molecular weight excluding hydrogens is 292 g/mol. The molecule has 0 fully saturated rings. The summed E-state index contributed by atoms with van der Waals surface area (Å²) in [7, 11) is 0. The van der Waals surface area contributed by atoms with Crippen molar-refractivity contribution in [3.63, 3.8) is 0 Å². The van der Waals surface area contributed by atoms with Gasteiger partial charge >= 0.3 is 0 Å². The van der Waals surface area contributed by atoms with Crippen molar-refractivity contribution in [2.45, 2.75) is 109 Å². The molecule has 2 nitrogen and oxygen atoms in total. The number of hydrogen-bond acceptors (Lipinski definition) is 0. The van der Waals surface area contributed by atoms with Crippen molar-refractivity contribution in [1.82, 2.24) is 0 Å². The highest BCUT2D eigenvalue weighted by Crippen LogP contribution is 2.27. The summed E-state index contributed by atoms with van der Waals surface area (Å²) in [5.41, 5.74) is 13.3. The summed E-state index contributed by atoms with van der Waals surface area (Å²) in [6.07, 6.45) is 26.6. The average molecular weight is 329 g/mol. The molecule has 134 valence electrons. The van der Waals surface area contributed by atoms with Gasteiger partial charge in [0.25, 0.3) is 5.71 Å². The first-order valence-electron chi connectivity index (χ1n) is 10.5. The predicted octanol–water partition coefficient (Wildman–Crippen LogP) is 7.17. The SMILES string of the molecule is [N-]=[N+]=C1/C=C(/C2=C/CCCCCCCCC2)CCCCCCCC1. The Morgan fingerprint density at radius 1 is 0.583 bits per heavy atom. The van der Waals surface area contributed by atoms with E-state index < -0.39 is 0 Å². The van der Waals surface area contributed by atoms with Gasteiger partial charge in [-0.2, -0.15) is 4.79 Å². The maximum Gasteiger partial charge on any atom is 0.292 e. The molecule has 0 saturated heterocycles. The number of rotatable bonds is 1. The summed E-state index contributed by atoms with van der Waals surface area (Å²) >= 11 is 0. The van der Waals surface area contributed by atoms with Crippen LogP contribution in [0.1, 0.15) is 109 Å². The molecule has 0 bridgehead atoms. The van der Waals surface area contributed by atoms with Crippen molar-refractivity contribution in [2.75, 3.05) is 0 Å². The highest BCUT2D eigenvalue weighted by atomic mass is 14.8. The molecular formula is C22H36N2. The van der Waals surface area contributed by atoms with E-state index in [1.807, 2.05) is 0 Å². The molecule has 0 aromatic carbocycles. The fourth-order valence-corrected chi connectivity index (χ4v) is 4.02. The Morgan fingerprint density at radius 2 is 1.08 bits per heavy atom. The van der Waals surface area contributed by atoms with Gasteiger partial charge in [0.15, 0.2) is 0 Å². The van der Waals surface area contributed by atoms with Crippen LogP contribution in [0.4, 0.5) is 0 Å². The fraction of sp³-hybridized carbons (Fsp3) is 0.773. The van der Waals surface area contributed by atoms with E-state index in [0.29, 0.717) is 0 Å². The largest absolute Gasteiger partial charge is 0.361 e. The summed E-state index contributed by atoms with van der Waals surface area (Å²) in [6.45, 7) is 0. The third-order valence-electron chi connectivity index (χ3n) is 5.55. The first-order valence-corrected chi connectivity index (χ1v) is 10.5. The van der Waals surface area contributed by atoms with Crippen LogP contribution in [0.15, 0.2) is 23.3 Å². The third kappa shape index (κ3) is 7.62. The number of allylic oxidation sites excluding steroid dienone is 4. The standard InChI is InChI=1S/C22H36N2/c23-24-22-18-14-10-6-5-9-13-17-21(19-22)20-15-11-7-3-1-2-4-8-12-16-20/h15,19H,1-14,16-18H2/b20-15+,21-19+. The van der Waals surface area contributed by atoms with Gasteiger partial charge < -0.3 is 5.53 Å². The molecule has 0 saturated carbocycles. The molecule has 0 unspecified atom stereocenters. The molecule has 0 N–H and O–H groups in total. The van der Waals surface area contributed by atoms with E-state index in [2.05, 4.69) is 16.9 Å². The summed E-state index contributed by atoms with van der Waals surface area (Å²) in [5.74, 6) is 0. The van der Waals surface area contributed by atoms with E-state index in [0.717, 1.165) is 25.0 Å². The van der Waals surface area contributed by atoms with Crippen molar-refractivity contribution in [2.24, 2.45) is 0 Å². The molecule has 0 spiro atoms. The van der Waals surface area contributed by atoms with Crippen LogP contribution in [-0.2, 0) is 0 Å². The molecule has 24 heavy (non-hydrogen) atoms. The predicted molar refractivity (Wildman–Crippen MR) is 103 cm³/mol. The van der Waals surface area contributed by atoms with E-state index in [-0.39, 0.29) is 0 Å². The molecule has 2 rings (SSSR count). The number of hydrogen-bond donors (Lipinski definition) is 0. The van der Waals surface area contributed by atoms with Crippen LogP contribution in [-0.4, -0.2) is 10.5 Å². The maximum atomic E-state index is 9.40. The van der Waals surface area contributed by atoms with Gasteiger partial charge in [-0.05, 0) is 56.1 Å². The van der Waals surface area contributed by atoms with Crippen LogP contribution in [0.2, 0.25) is 0 Å². The minimum atomic E-state index is 0.891. The summed E-state index contributed by atoms with van der Waals surface area (Å²) < 4.78 is 0. The lowest BCUT2D eigenvalue weighted by Gasteiger charge is -2.12. The molecule has 0 aromatic heterocycles. The van der Waals surface area contributed by atoms with E-state index in [9.17, 15) is 5.53 Å². The highest BCUT2D eigenvalue weighted by Gasteiger charge is 2.13. The van der Waals surface area contributed by atoms with E-state index in [1.165, 1.54) is 95.5 Å². The van der Waals surface area contributed by atoms with Gasteiger partial charge in [0.1, 0.15) is 0 Å². The summed E-state index contributed by atoms with van der Waals surface area (Å²) in [6, 6.07) is 0. The van der Waals surface area contributed by atoms with E-state index in [1.54, 1.807) is 5.57 Å². The zero-order valence-corrected chi connectivity index (χ0v) is 15.6. The van der Waals surface area contributed by atoms with Gasteiger partial charge in [0, 0.05) is 12.5 Å². The van der Waals surface area contributed by atoms with Gasteiger partial charge in [-0.15, -0.1) is 0 Å². The van der Waals surface area contributed by atoms with Crippen molar-refractivity contribution < 1.29 is 4.79 Å². The second-order valence-electron chi connectivity index (χ2n) is 7.63. The molecule has 0 atom stereocenters. The summed E-state index contributed by atoms with van der Waals surface area (Å²) in [5, 5.41) is 0. The first-order chi connectivity index (χ1) is 11.9. The molecule has 0 amide bonds. The Bertz CT molecular complexity index is 466. The topological polar surface area (TPSA) is 36.4 Å². The van der Waals surface area contributed by atoms with E-state index in [4.69, 9.17) is 0 Å². The number of nitrogens with zero attached hydrogens (tertiary/aromatic N) is 2. The molecule has 0 aliphatic heterocycles. The van der Waals surface area contributed by atoms with E-state index >= 15 is 0 Å². The molecule has 2 heteroatoms. The minimum absolute atomic E-state index is 0.891. The lowest BCUT2D eigenvalue weighted by molar-refractivity contribution is -0.00649. The van der Waals surface area contributed by atoms with Crippen molar-refractivity contribution in [1.29, 1.82) is 0 Å². The Balaban J connectivity index is 2.14. The van der Waals surface area contributed by atoms with Gasteiger partial charge in [-0.25, -0.2) is 0 Å². The molecule has 0 heterocycles. The highest BCUT2D eigenvalue weighted by molar-refractivity contribution is 5.91. The third-order valence-corrected chi connectivity index (χ3v) is 5.55. The average Bonchev–Trinajstić information content (AvgIpc) is 2.70. The van der Waals surface area contributed by atoms with Gasteiger partial charge in [-0.3, -0.25) is 0 Å². The van der Waals surface area contributed by atoms with Crippen LogP contribution in [0.5, 0.6) is 0 Å². The van der Waals surface area contributed by atoms with Crippen molar-refractivity contribution in [3.05, 3.63) is 28.8 Å². The van der Waals surface area contributed by atoms with Gasteiger partial charge in [0.2, 0.25) is 0 Å². The smallest absolute Gasteiger partial charge is 0.292 e. The molecule has 0 radical (unpaired) electrons. The zero-order chi connectivity index (χ0) is 16.9. The molecule has 2 aliphatic carbocycles. The van der Waals surface area contributed by atoms with Crippen LogP contribution in [0, 0.1) is 0 Å². The van der Waals surface area contributed by atoms with Crippen molar-refractivity contribution in [3.8, 4) is 0 Å². The van der Waals surface area contributed by atoms with Gasteiger partial charge in [-0.1, -0.05) is 63.9 Å². The quantitative estimate of drug-likeness (QED) is 0.361.